The summed E-state index contributed by atoms with van der Waals surface area (Å²) in [6, 6.07) is 0.621. The molecule has 20 heavy (non-hydrogen) atoms. The molecule has 2 atom stereocenters. The largest absolute Gasteiger partial charge is 0.308 e. The minimum absolute atomic E-state index is 0.159. The smallest absolute Gasteiger partial charge is 0.0638 e. The predicted molar refractivity (Wildman–Crippen MR) is 84.8 cm³/mol. The van der Waals surface area contributed by atoms with Crippen LogP contribution in [0.4, 0.5) is 0 Å². The Bertz CT molecular complexity index is 428. The van der Waals surface area contributed by atoms with Gasteiger partial charge in [-0.3, -0.25) is 4.68 Å². The van der Waals surface area contributed by atoms with Crippen molar-refractivity contribution < 1.29 is 0 Å². The summed E-state index contributed by atoms with van der Waals surface area (Å²) < 4.78 is 2.25. The number of nitrogens with one attached hydrogen (secondary N) is 1. The molecule has 1 fully saturated rings. The van der Waals surface area contributed by atoms with Crippen LogP contribution in [0.25, 0.3) is 0 Å². The Hall–Kier alpha value is -0.830. The first-order valence-corrected chi connectivity index (χ1v) is 8.18. The molecular weight excluding hydrogens is 246 g/mol. The van der Waals surface area contributed by atoms with Crippen molar-refractivity contribution in [2.75, 3.05) is 0 Å². The lowest BCUT2D eigenvalue weighted by Crippen LogP contribution is -2.35. The number of nitrogens with zero attached hydrogens (tertiary/aromatic N) is 2. The molecule has 1 aromatic rings. The summed E-state index contributed by atoms with van der Waals surface area (Å²) in [5, 5.41) is 8.34. The van der Waals surface area contributed by atoms with Gasteiger partial charge in [-0.1, -0.05) is 26.2 Å². The Morgan fingerprint density at radius 2 is 2.10 bits per heavy atom. The van der Waals surface area contributed by atoms with Crippen molar-refractivity contribution in [3.05, 3.63) is 17.5 Å². The third kappa shape index (κ3) is 4.08. The van der Waals surface area contributed by atoms with E-state index >= 15 is 0 Å². The van der Waals surface area contributed by atoms with Gasteiger partial charge in [0.05, 0.1) is 11.7 Å². The van der Waals surface area contributed by atoms with Crippen LogP contribution >= 0.6 is 0 Å². The maximum absolute atomic E-state index is 4.78. The molecule has 0 radical (unpaired) electrons. The van der Waals surface area contributed by atoms with E-state index in [-0.39, 0.29) is 5.54 Å². The maximum Gasteiger partial charge on any atom is 0.0638 e. The quantitative estimate of drug-likeness (QED) is 0.893. The van der Waals surface area contributed by atoms with Crippen LogP contribution in [-0.4, -0.2) is 15.3 Å². The molecule has 0 spiro atoms. The number of aromatic nitrogens is 2. The van der Waals surface area contributed by atoms with Crippen LogP contribution in [0, 0.1) is 12.8 Å². The van der Waals surface area contributed by atoms with Crippen LogP contribution in [0.15, 0.2) is 6.20 Å². The molecule has 0 amide bonds. The molecule has 1 aliphatic carbocycles. The number of aryl methyl sites for hydroxylation is 1. The zero-order valence-corrected chi connectivity index (χ0v) is 13.9. The van der Waals surface area contributed by atoms with E-state index in [4.69, 9.17) is 5.10 Å². The molecule has 1 aliphatic rings. The van der Waals surface area contributed by atoms with Gasteiger partial charge in [0, 0.05) is 23.8 Å². The van der Waals surface area contributed by atoms with E-state index < -0.39 is 0 Å². The lowest BCUT2D eigenvalue weighted by molar-refractivity contribution is 0.247. The van der Waals surface area contributed by atoms with Crippen molar-refractivity contribution >= 4 is 0 Å². The van der Waals surface area contributed by atoms with Crippen molar-refractivity contribution in [2.45, 2.75) is 84.8 Å². The number of hydrogen-bond acceptors (Lipinski definition) is 2. The molecule has 2 rings (SSSR count). The van der Waals surface area contributed by atoms with Gasteiger partial charge in [0.25, 0.3) is 0 Å². The average molecular weight is 277 g/mol. The van der Waals surface area contributed by atoms with E-state index in [0.29, 0.717) is 6.04 Å². The summed E-state index contributed by atoms with van der Waals surface area (Å²) in [7, 11) is 0. The molecule has 0 aliphatic heterocycles. The van der Waals surface area contributed by atoms with Crippen molar-refractivity contribution in [2.24, 2.45) is 5.92 Å². The second-order valence-corrected chi connectivity index (χ2v) is 7.42. The second-order valence-electron chi connectivity index (χ2n) is 7.42. The van der Waals surface area contributed by atoms with Gasteiger partial charge in [0.2, 0.25) is 0 Å². The summed E-state index contributed by atoms with van der Waals surface area (Å²) in [6.45, 7) is 12.0. The van der Waals surface area contributed by atoms with Crippen molar-refractivity contribution in [1.29, 1.82) is 0 Å². The summed E-state index contributed by atoms with van der Waals surface area (Å²) in [5.41, 5.74) is 2.69. The van der Waals surface area contributed by atoms with Gasteiger partial charge >= 0.3 is 0 Å². The fourth-order valence-electron chi connectivity index (χ4n) is 3.11. The van der Waals surface area contributed by atoms with Crippen LogP contribution < -0.4 is 5.32 Å². The van der Waals surface area contributed by atoms with Crippen LogP contribution in [0.3, 0.4) is 0 Å². The second kappa shape index (κ2) is 6.30. The molecule has 3 heteroatoms. The van der Waals surface area contributed by atoms with Gasteiger partial charge in [-0.05, 0) is 46.5 Å². The first-order valence-electron chi connectivity index (χ1n) is 8.18. The molecule has 1 aromatic heterocycles. The first-order chi connectivity index (χ1) is 9.39. The summed E-state index contributed by atoms with van der Waals surface area (Å²) >= 11 is 0. The molecule has 0 saturated heterocycles. The van der Waals surface area contributed by atoms with E-state index in [2.05, 4.69) is 50.8 Å². The van der Waals surface area contributed by atoms with Gasteiger partial charge in [0.1, 0.15) is 0 Å². The third-order valence-electron chi connectivity index (χ3n) is 4.53. The first kappa shape index (κ1) is 15.6. The highest BCUT2D eigenvalue weighted by Gasteiger charge is 2.23. The maximum atomic E-state index is 4.78. The summed E-state index contributed by atoms with van der Waals surface area (Å²) in [4.78, 5) is 0. The van der Waals surface area contributed by atoms with Gasteiger partial charge in [-0.25, -0.2) is 0 Å². The van der Waals surface area contributed by atoms with Gasteiger partial charge in [-0.2, -0.15) is 5.10 Å². The Morgan fingerprint density at radius 3 is 2.75 bits per heavy atom. The Labute approximate surface area is 124 Å². The van der Waals surface area contributed by atoms with Crippen molar-refractivity contribution in [3.63, 3.8) is 0 Å². The fourth-order valence-corrected chi connectivity index (χ4v) is 3.11. The Morgan fingerprint density at radius 1 is 1.35 bits per heavy atom. The van der Waals surface area contributed by atoms with Crippen molar-refractivity contribution in [1.82, 2.24) is 15.1 Å². The molecule has 2 unspecified atom stereocenters. The monoisotopic (exact) mass is 277 g/mol. The number of rotatable bonds is 4. The van der Waals surface area contributed by atoms with E-state index in [1.54, 1.807) is 0 Å². The zero-order chi connectivity index (χ0) is 14.8. The highest BCUT2D eigenvalue weighted by Crippen LogP contribution is 2.34. The van der Waals surface area contributed by atoms with E-state index in [1.807, 2.05) is 0 Å². The van der Waals surface area contributed by atoms with Gasteiger partial charge in [-0.15, -0.1) is 0 Å². The minimum atomic E-state index is 0.159. The normalized spacial score (nSPS) is 24.1. The third-order valence-corrected chi connectivity index (χ3v) is 4.53. The lowest BCUT2D eigenvalue weighted by Gasteiger charge is -2.28. The SMILES string of the molecule is CCC1CCCC(n2cc(CNC(C)(C)C)c(C)n2)C1. The van der Waals surface area contributed by atoms with Crippen LogP contribution in [0.5, 0.6) is 0 Å². The van der Waals surface area contributed by atoms with E-state index in [0.717, 1.165) is 12.5 Å². The van der Waals surface area contributed by atoms with Crippen LogP contribution in [-0.2, 0) is 6.54 Å². The van der Waals surface area contributed by atoms with Gasteiger partial charge in [0.15, 0.2) is 0 Å². The lowest BCUT2D eigenvalue weighted by atomic mass is 9.84. The highest BCUT2D eigenvalue weighted by molar-refractivity contribution is 5.16. The fraction of sp³-hybridized carbons (Fsp3) is 0.824. The topological polar surface area (TPSA) is 29.9 Å². The molecule has 114 valence electrons. The molecule has 1 N–H and O–H groups in total. The van der Waals surface area contributed by atoms with E-state index in [1.165, 1.54) is 43.4 Å². The van der Waals surface area contributed by atoms with E-state index in [9.17, 15) is 0 Å². The molecule has 0 bridgehead atoms. The van der Waals surface area contributed by atoms with Crippen LogP contribution in [0.1, 0.15) is 77.1 Å². The number of hydrogen-bond donors (Lipinski definition) is 1. The Kier molecular flexibility index (Phi) is 4.90. The highest BCUT2D eigenvalue weighted by atomic mass is 15.3. The molecular formula is C17H31N3. The molecule has 0 aromatic carbocycles. The predicted octanol–water partition coefficient (Wildman–Crippen LogP) is 4.22. The Balaban J connectivity index is 2.03. The van der Waals surface area contributed by atoms with Gasteiger partial charge < -0.3 is 5.32 Å². The van der Waals surface area contributed by atoms with Crippen molar-refractivity contribution in [3.8, 4) is 0 Å². The molecule has 1 heterocycles. The molecule has 3 nitrogen and oxygen atoms in total. The summed E-state index contributed by atoms with van der Waals surface area (Å²) in [5.74, 6) is 0.898. The molecule has 1 saturated carbocycles. The standard InChI is InChI=1S/C17H31N3/c1-6-14-8-7-9-16(10-14)20-12-15(13(2)19-20)11-18-17(3,4)5/h12,14,16,18H,6-11H2,1-5H3. The minimum Gasteiger partial charge on any atom is -0.308 e. The summed E-state index contributed by atoms with van der Waals surface area (Å²) in [6.07, 6.45) is 8.96. The zero-order valence-electron chi connectivity index (χ0n) is 13.9. The average Bonchev–Trinajstić information content (AvgIpc) is 2.77. The van der Waals surface area contributed by atoms with Crippen LogP contribution in [0.2, 0.25) is 0 Å².